The highest BCUT2D eigenvalue weighted by Gasteiger charge is 2.73. The summed E-state index contributed by atoms with van der Waals surface area (Å²) in [6.07, 6.45) is 0.0398. The van der Waals surface area contributed by atoms with Crippen LogP contribution in [0.1, 0.15) is 110 Å². The summed E-state index contributed by atoms with van der Waals surface area (Å²) in [5, 5.41) is 0. The van der Waals surface area contributed by atoms with E-state index in [9.17, 15) is 0 Å². The maximum absolute atomic E-state index is 6.28. The van der Waals surface area contributed by atoms with Crippen molar-refractivity contribution in [3.8, 4) is 0 Å². The fraction of sp³-hybridized carbons (Fsp3) is 1.00. The summed E-state index contributed by atoms with van der Waals surface area (Å²) in [6.45, 7) is 30.6. The van der Waals surface area contributed by atoms with Crippen molar-refractivity contribution in [3.05, 3.63) is 0 Å². The second kappa shape index (κ2) is 8.27. The molecule has 1 fully saturated rings. The largest absolute Gasteiger partial charge is 0.230 e. The van der Waals surface area contributed by atoms with Crippen LogP contribution in [0.15, 0.2) is 0 Å². The van der Waals surface area contributed by atoms with Gasteiger partial charge >= 0.3 is 0 Å². The summed E-state index contributed by atoms with van der Waals surface area (Å²) < 4.78 is 0. The Morgan fingerprint density at radius 3 is 1.47 bits per heavy atom. The second-order valence-corrected chi connectivity index (χ2v) is 13.5. The lowest BCUT2D eigenvalue weighted by atomic mass is 9.54. The highest BCUT2D eigenvalue weighted by Crippen LogP contribution is 2.60. The second-order valence-electron chi connectivity index (χ2n) is 13.5. The number of hydrogen-bond acceptors (Lipinski definition) is 6. The molecule has 30 heavy (non-hydrogen) atoms. The van der Waals surface area contributed by atoms with Crippen molar-refractivity contribution >= 4 is 0 Å². The molecule has 0 aromatic rings. The van der Waals surface area contributed by atoms with Crippen LogP contribution in [0, 0.1) is 10.8 Å². The third kappa shape index (κ3) is 5.96. The van der Waals surface area contributed by atoms with Crippen LogP contribution in [0.3, 0.4) is 0 Å². The minimum Gasteiger partial charge on any atom is -0.230 e. The molecule has 0 radical (unpaired) electrons. The van der Waals surface area contributed by atoms with Crippen LogP contribution in [-0.4, -0.2) is 34.1 Å². The summed E-state index contributed by atoms with van der Waals surface area (Å²) >= 11 is 0. The smallest absolute Gasteiger partial charge is 0.163 e. The Bertz CT molecular complexity index is 556. The Kier molecular flexibility index (Phi) is 7.66. The molecule has 6 nitrogen and oxygen atoms in total. The van der Waals surface area contributed by atoms with Gasteiger partial charge in [-0.2, -0.15) is 0 Å². The normalized spacial score (nSPS) is 26.3. The van der Waals surface area contributed by atoms with Gasteiger partial charge in [0.15, 0.2) is 5.60 Å². The zero-order valence-corrected chi connectivity index (χ0v) is 22.2. The summed E-state index contributed by atoms with van der Waals surface area (Å²) in [4.78, 5) is 35.9. The molecular weight excluding hydrogens is 384 g/mol. The summed E-state index contributed by atoms with van der Waals surface area (Å²) in [7, 11) is 0. The summed E-state index contributed by atoms with van der Waals surface area (Å²) in [5.74, 6) is 0. The number of hydrogen-bond donors (Lipinski definition) is 0. The molecule has 1 heterocycles. The first-order valence-corrected chi connectivity index (χ1v) is 11.1. The first kappa shape index (κ1) is 27.8. The van der Waals surface area contributed by atoms with Crippen molar-refractivity contribution in [2.45, 2.75) is 144 Å². The van der Waals surface area contributed by atoms with Gasteiger partial charge in [-0.1, -0.05) is 41.5 Å². The van der Waals surface area contributed by atoms with E-state index in [4.69, 9.17) is 29.3 Å². The maximum atomic E-state index is 6.28. The predicted octanol–water partition coefficient (Wildman–Crippen LogP) is 6.57. The molecule has 0 aromatic carbocycles. The zero-order chi connectivity index (χ0) is 24.0. The average Bonchev–Trinajstić information content (AvgIpc) is 2.75. The molecule has 1 rings (SSSR count). The molecule has 2 unspecified atom stereocenters. The van der Waals surface area contributed by atoms with Gasteiger partial charge in [-0.05, 0) is 73.1 Å². The van der Waals surface area contributed by atoms with Gasteiger partial charge in [0.2, 0.25) is 0 Å². The quantitative estimate of drug-likeness (QED) is 0.349. The van der Waals surface area contributed by atoms with Crippen molar-refractivity contribution < 1.29 is 29.3 Å². The molecule has 180 valence electrons. The van der Waals surface area contributed by atoms with Gasteiger partial charge in [-0.3, -0.25) is 0 Å². The van der Waals surface area contributed by atoms with Gasteiger partial charge in [0.05, 0.1) is 11.2 Å². The van der Waals surface area contributed by atoms with Gasteiger partial charge in [-0.25, -0.2) is 29.3 Å². The Hall–Kier alpha value is -0.240. The van der Waals surface area contributed by atoms with Gasteiger partial charge in [0.25, 0.3) is 0 Å². The van der Waals surface area contributed by atoms with Gasteiger partial charge in [0.1, 0.15) is 17.3 Å². The van der Waals surface area contributed by atoms with Crippen molar-refractivity contribution in [3.63, 3.8) is 0 Å². The lowest BCUT2D eigenvalue weighted by Gasteiger charge is -2.55. The average molecular weight is 433 g/mol. The molecule has 0 N–H and O–H groups in total. The first-order valence-electron chi connectivity index (χ1n) is 11.1. The molecule has 0 saturated carbocycles. The van der Waals surface area contributed by atoms with Crippen LogP contribution in [0.5, 0.6) is 0 Å². The minimum atomic E-state index is -0.918. The highest BCUT2D eigenvalue weighted by atomic mass is 17.3. The van der Waals surface area contributed by atoms with Crippen LogP contribution in [-0.2, 0) is 29.3 Å². The van der Waals surface area contributed by atoms with Crippen LogP contribution in [0.4, 0.5) is 0 Å². The van der Waals surface area contributed by atoms with E-state index in [-0.39, 0.29) is 10.8 Å². The van der Waals surface area contributed by atoms with E-state index in [1.54, 1.807) is 0 Å². The SMILES string of the molecule is CC(C)(C)OOC(C)(C)CC1OOC(C(C)(C)C)(C(C)(C)C)C1(C)OOC(C)(C)C. The van der Waals surface area contributed by atoms with Crippen molar-refractivity contribution in [1.29, 1.82) is 0 Å². The molecule has 0 bridgehead atoms. The Morgan fingerprint density at radius 2 is 1.10 bits per heavy atom. The van der Waals surface area contributed by atoms with Crippen LogP contribution < -0.4 is 0 Å². The Morgan fingerprint density at radius 1 is 0.667 bits per heavy atom. The van der Waals surface area contributed by atoms with E-state index in [0.29, 0.717) is 6.42 Å². The van der Waals surface area contributed by atoms with Crippen molar-refractivity contribution in [2.75, 3.05) is 0 Å². The molecule has 6 heteroatoms. The maximum Gasteiger partial charge on any atom is 0.163 e. The standard InChI is InChI=1S/C24H48O6/c1-18(2,3)24(19(4,5)6)23(15,29-27-21(10,11)12)17(25-30-24)16-22(13,14)28-26-20(7,8)9/h17H,16H2,1-15H3. The van der Waals surface area contributed by atoms with Crippen LogP contribution in [0.25, 0.3) is 0 Å². The molecule has 0 amide bonds. The van der Waals surface area contributed by atoms with Crippen molar-refractivity contribution in [1.82, 2.24) is 0 Å². The van der Waals surface area contributed by atoms with Gasteiger partial charge < -0.3 is 0 Å². The highest BCUT2D eigenvalue weighted by molar-refractivity contribution is 5.17. The molecular formula is C24H48O6. The van der Waals surface area contributed by atoms with E-state index < -0.39 is 34.1 Å². The first-order chi connectivity index (χ1) is 13.0. The lowest BCUT2D eigenvalue weighted by Crippen LogP contribution is -2.69. The molecule has 0 aliphatic carbocycles. The van der Waals surface area contributed by atoms with E-state index in [1.807, 2.05) is 62.3 Å². The van der Waals surface area contributed by atoms with Crippen LogP contribution in [0.2, 0.25) is 0 Å². The zero-order valence-electron chi connectivity index (χ0n) is 22.2. The fourth-order valence-electron chi connectivity index (χ4n) is 4.67. The molecule has 1 aliphatic rings. The Labute approximate surface area is 185 Å². The summed E-state index contributed by atoms with van der Waals surface area (Å²) in [6, 6.07) is 0. The third-order valence-electron chi connectivity index (χ3n) is 5.37. The minimum absolute atomic E-state index is 0.317. The molecule has 2 atom stereocenters. The van der Waals surface area contributed by atoms with Gasteiger partial charge in [0, 0.05) is 6.42 Å². The fourth-order valence-corrected chi connectivity index (χ4v) is 4.67. The Balaban J connectivity index is 3.39. The van der Waals surface area contributed by atoms with E-state index in [1.165, 1.54) is 0 Å². The number of rotatable bonds is 6. The topological polar surface area (TPSA) is 55.4 Å². The lowest BCUT2D eigenvalue weighted by molar-refractivity contribution is -0.439. The van der Waals surface area contributed by atoms with Crippen LogP contribution >= 0.6 is 0 Å². The molecule has 0 spiro atoms. The monoisotopic (exact) mass is 432 g/mol. The molecule has 1 saturated heterocycles. The summed E-state index contributed by atoms with van der Waals surface area (Å²) in [5.41, 5.74) is -3.90. The van der Waals surface area contributed by atoms with E-state index >= 15 is 0 Å². The molecule has 1 aliphatic heterocycles. The predicted molar refractivity (Wildman–Crippen MR) is 119 cm³/mol. The molecule has 0 aromatic heterocycles. The van der Waals surface area contributed by atoms with E-state index in [0.717, 1.165) is 0 Å². The van der Waals surface area contributed by atoms with E-state index in [2.05, 4.69) is 41.5 Å². The van der Waals surface area contributed by atoms with Crippen molar-refractivity contribution in [2.24, 2.45) is 10.8 Å². The third-order valence-corrected chi connectivity index (χ3v) is 5.37. The van der Waals surface area contributed by atoms with Gasteiger partial charge in [-0.15, -0.1) is 0 Å².